The molecule has 3 fully saturated rings. The molecule has 0 aromatic heterocycles. The SMILES string of the molecule is O=C(C1[C@H]2CNC[C@@H]12)N1CCC(OCc2ccc(F)cc2)CC1. The van der Waals surface area contributed by atoms with Crippen molar-refractivity contribution in [2.24, 2.45) is 17.8 Å². The lowest BCUT2D eigenvalue weighted by Crippen LogP contribution is -2.42. The Morgan fingerprint density at radius 2 is 1.83 bits per heavy atom. The van der Waals surface area contributed by atoms with E-state index < -0.39 is 0 Å². The third-order valence-electron chi connectivity index (χ3n) is 5.53. The topological polar surface area (TPSA) is 41.6 Å². The average Bonchev–Trinajstić information content (AvgIpc) is 3.06. The fourth-order valence-electron chi connectivity index (χ4n) is 4.03. The Morgan fingerprint density at radius 1 is 1.17 bits per heavy atom. The van der Waals surface area contributed by atoms with Gasteiger partial charge in [-0.15, -0.1) is 0 Å². The number of carbonyl (C=O) groups excluding carboxylic acids is 1. The minimum absolute atomic E-state index is 0.199. The molecule has 0 bridgehead atoms. The number of hydrogen-bond donors (Lipinski definition) is 1. The van der Waals surface area contributed by atoms with Crippen LogP contribution < -0.4 is 5.32 Å². The summed E-state index contributed by atoms with van der Waals surface area (Å²) in [5.41, 5.74) is 0.989. The molecule has 1 amide bonds. The van der Waals surface area contributed by atoms with E-state index in [1.165, 1.54) is 12.1 Å². The lowest BCUT2D eigenvalue weighted by Gasteiger charge is -2.32. The van der Waals surface area contributed by atoms with Crippen molar-refractivity contribution in [2.75, 3.05) is 26.2 Å². The summed E-state index contributed by atoms with van der Waals surface area (Å²) in [6.07, 6.45) is 1.99. The minimum Gasteiger partial charge on any atom is -0.373 e. The lowest BCUT2D eigenvalue weighted by molar-refractivity contribution is -0.136. The first kappa shape index (κ1) is 15.1. The standard InChI is InChI=1S/C18H23FN2O2/c19-13-3-1-12(2-4-13)11-23-14-5-7-21(8-6-14)18(22)17-15-9-20-10-16(15)17/h1-4,14-17,20H,5-11H2/t15-,16+,17?. The van der Waals surface area contributed by atoms with Crippen LogP contribution in [-0.2, 0) is 16.1 Å². The summed E-state index contributed by atoms with van der Waals surface area (Å²) in [7, 11) is 0. The zero-order valence-corrected chi connectivity index (χ0v) is 13.2. The van der Waals surface area contributed by atoms with Gasteiger partial charge in [-0.2, -0.15) is 0 Å². The molecular formula is C18H23FN2O2. The van der Waals surface area contributed by atoms with Gasteiger partial charge in [0.25, 0.3) is 0 Å². The summed E-state index contributed by atoms with van der Waals surface area (Å²) in [4.78, 5) is 14.5. The van der Waals surface area contributed by atoms with Crippen LogP contribution in [0, 0.1) is 23.6 Å². The van der Waals surface area contributed by atoms with Crippen LogP contribution >= 0.6 is 0 Å². The molecule has 1 aliphatic carbocycles. The number of amides is 1. The van der Waals surface area contributed by atoms with Crippen LogP contribution in [0.3, 0.4) is 0 Å². The van der Waals surface area contributed by atoms with Gasteiger partial charge in [-0.3, -0.25) is 4.79 Å². The maximum Gasteiger partial charge on any atom is 0.226 e. The van der Waals surface area contributed by atoms with Crippen LogP contribution in [0.4, 0.5) is 4.39 Å². The second kappa shape index (κ2) is 6.21. The van der Waals surface area contributed by atoms with Gasteiger partial charge in [0.15, 0.2) is 0 Å². The average molecular weight is 318 g/mol. The van der Waals surface area contributed by atoms with Crippen molar-refractivity contribution in [2.45, 2.75) is 25.6 Å². The van der Waals surface area contributed by atoms with E-state index in [9.17, 15) is 9.18 Å². The molecule has 1 aromatic carbocycles. The molecule has 3 atom stereocenters. The number of fused-ring (bicyclic) bond motifs is 1. The predicted octanol–water partition coefficient (Wildman–Crippen LogP) is 1.80. The van der Waals surface area contributed by atoms with Crippen molar-refractivity contribution < 1.29 is 13.9 Å². The predicted molar refractivity (Wildman–Crippen MR) is 84.1 cm³/mol. The number of hydrogen-bond acceptors (Lipinski definition) is 3. The zero-order chi connectivity index (χ0) is 15.8. The first-order chi connectivity index (χ1) is 11.2. The first-order valence-electron chi connectivity index (χ1n) is 8.58. The molecule has 1 unspecified atom stereocenters. The van der Waals surface area contributed by atoms with Crippen molar-refractivity contribution in [3.63, 3.8) is 0 Å². The van der Waals surface area contributed by atoms with E-state index >= 15 is 0 Å². The molecule has 0 spiro atoms. The van der Waals surface area contributed by atoms with Gasteiger partial charge in [-0.25, -0.2) is 4.39 Å². The van der Waals surface area contributed by atoms with E-state index in [0.717, 1.165) is 44.6 Å². The normalized spacial score (nSPS) is 30.3. The third kappa shape index (κ3) is 3.12. The van der Waals surface area contributed by atoms with Gasteiger partial charge in [0, 0.05) is 19.0 Å². The summed E-state index contributed by atoms with van der Waals surface area (Å²) in [6.45, 7) is 4.14. The van der Waals surface area contributed by atoms with E-state index in [1.54, 1.807) is 12.1 Å². The summed E-state index contributed by atoms with van der Waals surface area (Å²) in [5.74, 6) is 1.61. The second-order valence-corrected chi connectivity index (χ2v) is 6.97. The fraction of sp³-hybridized carbons (Fsp3) is 0.611. The molecule has 1 N–H and O–H groups in total. The number of rotatable bonds is 4. The van der Waals surface area contributed by atoms with Gasteiger partial charge in [0.05, 0.1) is 12.7 Å². The highest BCUT2D eigenvalue weighted by Crippen LogP contribution is 2.49. The van der Waals surface area contributed by atoms with E-state index in [4.69, 9.17) is 4.74 Å². The van der Waals surface area contributed by atoms with Crippen LogP contribution in [0.1, 0.15) is 18.4 Å². The molecule has 5 heteroatoms. The van der Waals surface area contributed by atoms with Crippen molar-refractivity contribution >= 4 is 5.91 Å². The molecule has 23 heavy (non-hydrogen) atoms. The summed E-state index contributed by atoms with van der Waals surface area (Å²) >= 11 is 0. The largest absolute Gasteiger partial charge is 0.373 e. The summed E-state index contributed by atoms with van der Waals surface area (Å²) < 4.78 is 18.8. The van der Waals surface area contributed by atoms with Crippen LogP contribution in [-0.4, -0.2) is 43.1 Å². The quantitative estimate of drug-likeness (QED) is 0.920. The number of nitrogens with zero attached hydrogens (tertiary/aromatic N) is 1. The Morgan fingerprint density at radius 3 is 2.48 bits per heavy atom. The number of nitrogens with one attached hydrogen (secondary N) is 1. The van der Waals surface area contributed by atoms with Gasteiger partial charge in [0.2, 0.25) is 5.91 Å². The van der Waals surface area contributed by atoms with Crippen molar-refractivity contribution in [3.05, 3.63) is 35.6 Å². The van der Waals surface area contributed by atoms with Gasteiger partial charge >= 0.3 is 0 Å². The van der Waals surface area contributed by atoms with E-state index in [1.807, 2.05) is 4.90 Å². The minimum atomic E-state index is -0.222. The molecule has 1 aromatic rings. The van der Waals surface area contributed by atoms with Crippen molar-refractivity contribution in [1.29, 1.82) is 0 Å². The fourth-order valence-corrected chi connectivity index (χ4v) is 4.03. The summed E-state index contributed by atoms with van der Waals surface area (Å²) in [5, 5.41) is 3.34. The highest BCUT2D eigenvalue weighted by Gasteiger charge is 2.57. The van der Waals surface area contributed by atoms with Crippen LogP contribution in [0.2, 0.25) is 0 Å². The molecule has 3 aliphatic rings. The molecule has 2 aliphatic heterocycles. The molecule has 2 heterocycles. The molecular weight excluding hydrogens is 295 g/mol. The van der Waals surface area contributed by atoms with Crippen LogP contribution in [0.15, 0.2) is 24.3 Å². The van der Waals surface area contributed by atoms with Gasteiger partial charge < -0.3 is 15.0 Å². The first-order valence-corrected chi connectivity index (χ1v) is 8.58. The number of halogens is 1. The smallest absolute Gasteiger partial charge is 0.226 e. The monoisotopic (exact) mass is 318 g/mol. The molecule has 124 valence electrons. The number of likely N-dealkylation sites (tertiary alicyclic amines) is 1. The number of carbonyl (C=O) groups is 1. The van der Waals surface area contributed by atoms with Gasteiger partial charge in [0.1, 0.15) is 5.82 Å². The number of ether oxygens (including phenoxy) is 1. The molecule has 4 nitrogen and oxygen atoms in total. The Bertz CT molecular complexity index is 559. The Labute approximate surface area is 136 Å². The van der Waals surface area contributed by atoms with Crippen molar-refractivity contribution in [1.82, 2.24) is 10.2 Å². The maximum atomic E-state index is 12.9. The van der Waals surface area contributed by atoms with Crippen LogP contribution in [0.5, 0.6) is 0 Å². The van der Waals surface area contributed by atoms with E-state index in [0.29, 0.717) is 24.3 Å². The van der Waals surface area contributed by atoms with E-state index in [2.05, 4.69) is 5.32 Å². The Hall–Kier alpha value is -1.46. The van der Waals surface area contributed by atoms with Gasteiger partial charge in [-0.05, 0) is 55.5 Å². The number of benzene rings is 1. The molecule has 4 rings (SSSR count). The number of piperidine rings is 2. The Balaban J connectivity index is 1.22. The maximum absolute atomic E-state index is 12.9. The molecule has 1 saturated carbocycles. The van der Waals surface area contributed by atoms with Gasteiger partial charge in [-0.1, -0.05) is 12.1 Å². The summed E-state index contributed by atoms with van der Waals surface area (Å²) in [6, 6.07) is 6.43. The Kier molecular flexibility index (Phi) is 4.07. The van der Waals surface area contributed by atoms with E-state index in [-0.39, 0.29) is 17.8 Å². The van der Waals surface area contributed by atoms with Crippen LogP contribution in [0.25, 0.3) is 0 Å². The third-order valence-corrected chi connectivity index (χ3v) is 5.53. The molecule has 0 radical (unpaired) electrons. The highest BCUT2D eigenvalue weighted by molar-refractivity contribution is 5.82. The second-order valence-electron chi connectivity index (χ2n) is 6.97. The zero-order valence-electron chi connectivity index (χ0n) is 13.2. The molecule has 2 saturated heterocycles. The highest BCUT2D eigenvalue weighted by atomic mass is 19.1. The lowest BCUT2D eigenvalue weighted by atomic mass is 10.1. The van der Waals surface area contributed by atoms with Crippen molar-refractivity contribution in [3.8, 4) is 0 Å².